The van der Waals surface area contributed by atoms with E-state index >= 15 is 0 Å². The minimum Gasteiger partial charge on any atom is -0.337 e. The van der Waals surface area contributed by atoms with Gasteiger partial charge in [-0.2, -0.15) is 0 Å². The number of nitrogens with zero attached hydrogens (tertiary/aromatic N) is 2. The van der Waals surface area contributed by atoms with E-state index in [9.17, 15) is 4.79 Å². The zero-order valence-corrected chi connectivity index (χ0v) is 13.5. The Labute approximate surface area is 129 Å². The summed E-state index contributed by atoms with van der Waals surface area (Å²) in [6.07, 6.45) is 3.75. The summed E-state index contributed by atoms with van der Waals surface area (Å²) in [7, 11) is 0. The normalized spacial score (nSPS) is 23.5. The average Bonchev–Trinajstić information content (AvgIpc) is 3.10. The van der Waals surface area contributed by atoms with E-state index in [1.165, 1.54) is 25.9 Å². The minimum atomic E-state index is 0.186. The third kappa shape index (κ3) is 2.77. The highest BCUT2D eigenvalue weighted by molar-refractivity contribution is 9.10. The second kappa shape index (κ2) is 5.86. The second-order valence-corrected chi connectivity index (χ2v) is 6.81. The number of halogens is 1. The first-order valence-corrected chi connectivity index (χ1v) is 8.24. The molecular weight excluding hydrogens is 316 g/mol. The largest absolute Gasteiger partial charge is 0.337 e. The maximum absolute atomic E-state index is 12.7. The van der Waals surface area contributed by atoms with Crippen LogP contribution in [0.4, 0.5) is 0 Å². The number of carbonyl (C=O) groups is 1. The fourth-order valence-electron chi connectivity index (χ4n) is 3.33. The van der Waals surface area contributed by atoms with Crippen LogP contribution in [0.25, 0.3) is 0 Å². The van der Waals surface area contributed by atoms with Crippen molar-refractivity contribution in [3.8, 4) is 0 Å². The number of rotatable bonds is 2. The SMILES string of the molecule is Cc1ccc(Br)cc1C(=O)N1CCC(N2CCCC2)C1. The molecule has 3 rings (SSSR count). The van der Waals surface area contributed by atoms with Crippen LogP contribution in [-0.2, 0) is 0 Å². The summed E-state index contributed by atoms with van der Waals surface area (Å²) in [6.45, 7) is 6.22. The van der Waals surface area contributed by atoms with E-state index < -0.39 is 0 Å². The van der Waals surface area contributed by atoms with Gasteiger partial charge in [0, 0.05) is 29.2 Å². The highest BCUT2D eigenvalue weighted by Crippen LogP contribution is 2.24. The van der Waals surface area contributed by atoms with Gasteiger partial charge in [-0.3, -0.25) is 9.69 Å². The predicted molar refractivity (Wildman–Crippen MR) is 84.0 cm³/mol. The highest BCUT2D eigenvalue weighted by Gasteiger charge is 2.32. The first-order chi connectivity index (χ1) is 9.65. The number of amides is 1. The molecule has 1 atom stereocenters. The lowest BCUT2D eigenvalue weighted by Gasteiger charge is -2.24. The Morgan fingerprint density at radius 3 is 2.75 bits per heavy atom. The third-order valence-corrected chi connectivity index (χ3v) is 5.03. The van der Waals surface area contributed by atoms with Crippen molar-refractivity contribution in [2.75, 3.05) is 26.2 Å². The number of benzene rings is 1. The van der Waals surface area contributed by atoms with Gasteiger partial charge >= 0.3 is 0 Å². The van der Waals surface area contributed by atoms with Crippen molar-refractivity contribution < 1.29 is 4.79 Å². The summed E-state index contributed by atoms with van der Waals surface area (Å²) in [4.78, 5) is 17.2. The van der Waals surface area contributed by atoms with E-state index in [1.54, 1.807) is 0 Å². The van der Waals surface area contributed by atoms with Gasteiger partial charge in [0.15, 0.2) is 0 Å². The molecule has 0 spiro atoms. The summed E-state index contributed by atoms with van der Waals surface area (Å²) >= 11 is 3.46. The molecule has 2 fully saturated rings. The predicted octanol–water partition coefficient (Wildman–Crippen LogP) is 3.07. The molecule has 2 saturated heterocycles. The van der Waals surface area contributed by atoms with E-state index in [0.29, 0.717) is 6.04 Å². The number of hydrogen-bond donors (Lipinski definition) is 0. The summed E-state index contributed by atoms with van der Waals surface area (Å²) in [5.41, 5.74) is 1.89. The van der Waals surface area contributed by atoms with E-state index in [-0.39, 0.29) is 5.91 Å². The van der Waals surface area contributed by atoms with Crippen LogP contribution in [0.2, 0.25) is 0 Å². The standard InChI is InChI=1S/C16H21BrN2O/c1-12-4-5-13(17)10-15(12)16(20)19-9-6-14(11-19)18-7-2-3-8-18/h4-5,10,14H,2-3,6-9,11H2,1H3. The Morgan fingerprint density at radius 1 is 1.25 bits per heavy atom. The Balaban J connectivity index is 1.70. The molecule has 3 nitrogen and oxygen atoms in total. The van der Waals surface area contributed by atoms with Crippen molar-refractivity contribution in [1.29, 1.82) is 0 Å². The highest BCUT2D eigenvalue weighted by atomic mass is 79.9. The fourth-order valence-corrected chi connectivity index (χ4v) is 3.69. The van der Waals surface area contributed by atoms with Crippen molar-refractivity contribution in [3.63, 3.8) is 0 Å². The first kappa shape index (κ1) is 14.1. The molecular formula is C16H21BrN2O. The summed E-state index contributed by atoms with van der Waals surface area (Å²) in [5.74, 6) is 0.186. The van der Waals surface area contributed by atoms with Crippen LogP contribution in [-0.4, -0.2) is 47.9 Å². The molecule has 0 bridgehead atoms. The number of likely N-dealkylation sites (tertiary alicyclic amines) is 2. The van der Waals surface area contributed by atoms with Crippen molar-refractivity contribution >= 4 is 21.8 Å². The molecule has 1 aromatic carbocycles. The number of carbonyl (C=O) groups excluding carboxylic acids is 1. The quantitative estimate of drug-likeness (QED) is 0.828. The van der Waals surface area contributed by atoms with Gasteiger partial charge in [-0.1, -0.05) is 22.0 Å². The van der Waals surface area contributed by atoms with Gasteiger partial charge < -0.3 is 4.90 Å². The number of hydrogen-bond acceptors (Lipinski definition) is 2. The lowest BCUT2D eigenvalue weighted by molar-refractivity contribution is 0.0779. The van der Waals surface area contributed by atoms with E-state index in [4.69, 9.17) is 0 Å². The molecule has 20 heavy (non-hydrogen) atoms. The Morgan fingerprint density at radius 2 is 2.00 bits per heavy atom. The van der Waals surface area contributed by atoms with Gasteiger partial charge in [0.05, 0.1) is 0 Å². The topological polar surface area (TPSA) is 23.6 Å². The van der Waals surface area contributed by atoms with Gasteiger partial charge in [0.2, 0.25) is 0 Å². The van der Waals surface area contributed by atoms with Gasteiger partial charge in [0.1, 0.15) is 0 Å². The van der Waals surface area contributed by atoms with Crippen molar-refractivity contribution in [3.05, 3.63) is 33.8 Å². The van der Waals surface area contributed by atoms with Crippen LogP contribution in [0, 0.1) is 6.92 Å². The van der Waals surface area contributed by atoms with Gasteiger partial charge in [0.25, 0.3) is 5.91 Å². The lowest BCUT2D eigenvalue weighted by atomic mass is 10.1. The van der Waals surface area contributed by atoms with Crippen LogP contribution in [0.3, 0.4) is 0 Å². The Bertz CT molecular complexity index is 511. The van der Waals surface area contributed by atoms with Crippen LogP contribution < -0.4 is 0 Å². The van der Waals surface area contributed by atoms with Crippen LogP contribution >= 0.6 is 15.9 Å². The molecule has 0 saturated carbocycles. The van der Waals surface area contributed by atoms with Crippen LogP contribution in [0.15, 0.2) is 22.7 Å². The Hall–Kier alpha value is -0.870. The Kier molecular flexibility index (Phi) is 4.13. The average molecular weight is 337 g/mol. The number of aryl methyl sites for hydroxylation is 1. The van der Waals surface area contributed by atoms with Crippen molar-refractivity contribution in [2.24, 2.45) is 0 Å². The molecule has 2 aliphatic rings. The van der Waals surface area contributed by atoms with Gasteiger partial charge in [-0.05, 0) is 57.0 Å². The van der Waals surface area contributed by atoms with Crippen LogP contribution in [0.5, 0.6) is 0 Å². The minimum absolute atomic E-state index is 0.186. The summed E-state index contributed by atoms with van der Waals surface area (Å²) in [6, 6.07) is 6.52. The van der Waals surface area contributed by atoms with Crippen molar-refractivity contribution in [1.82, 2.24) is 9.80 Å². The van der Waals surface area contributed by atoms with Gasteiger partial charge in [-0.15, -0.1) is 0 Å². The smallest absolute Gasteiger partial charge is 0.254 e. The van der Waals surface area contributed by atoms with Gasteiger partial charge in [-0.25, -0.2) is 0 Å². The lowest BCUT2D eigenvalue weighted by Crippen LogP contribution is -2.37. The molecule has 0 aliphatic carbocycles. The summed E-state index contributed by atoms with van der Waals surface area (Å²) in [5, 5.41) is 0. The van der Waals surface area contributed by atoms with Crippen molar-refractivity contribution in [2.45, 2.75) is 32.2 Å². The molecule has 4 heteroatoms. The first-order valence-electron chi connectivity index (χ1n) is 7.44. The van der Waals surface area contributed by atoms with E-state index in [2.05, 4.69) is 20.8 Å². The third-order valence-electron chi connectivity index (χ3n) is 4.54. The molecule has 0 radical (unpaired) electrons. The molecule has 1 amide bonds. The molecule has 2 aliphatic heterocycles. The maximum Gasteiger partial charge on any atom is 0.254 e. The molecule has 0 N–H and O–H groups in total. The zero-order valence-electron chi connectivity index (χ0n) is 11.9. The van der Waals surface area contributed by atoms with E-state index in [0.717, 1.165) is 35.1 Å². The zero-order chi connectivity index (χ0) is 14.1. The van der Waals surface area contributed by atoms with Crippen LogP contribution in [0.1, 0.15) is 35.2 Å². The molecule has 1 unspecified atom stereocenters. The summed E-state index contributed by atoms with van der Waals surface area (Å²) < 4.78 is 0.974. The molecule has 1 aromatic rings. The van der Waals surface area contributed by atoms with E-state index in [1.807, 2.05) is 30.0 Å². The molecule has 2 heterocycles. The molecule has 108 valence electrons. The fraction of sp³-hybridized carbons (Fsp3) is 0.562. The monoisotopic (exact) mass is 336 g/mol. The molecule has 0 aromatic heterocycles. The second-order valence-electron chi connectivity index (χ2n) is 5.90. The maximum atomic E-state index is 12.7.